The fraction of sp³-hybridized carbons (Fsp3) is 0.520. The van der Waals surface area contributed by atoms with Crippen molar-refractivity contribution in [1.82, 2.24) is 4.31 Å². The summed E-state index contributed by atoms with van der Waals surface area (Å²) in [7, 11) is -1.95. The lowest BCUT2D eigenvalue weighted by Gasteiger charge is -2.43. The third-order valence-electron chi connectivity index (χ3n) is 6.40. The molecule has 7 heteroatoms. The summed E-state index contributed by atoms with van der Waals surface area (Å²) in [5.74, 6) is 0.243. The molecular formula is C25H35NO5S. The Labute approximate surface area is 192 Å². The van der Waals surface area contributed by atoms with Crippen molar-refractivity contribution in [1.29, 1.82) is 0 Å². The topological polar surface area (TPSA) is 76.1 Å². The zero-order chi connectivity index (χ0) is 23.2. The van der Waals surface area contributed by atoms with Gasteiger partial charge in [-0.25, -0.2) is 8.42 Å². The first-order valence-corrected chi connectivity index (χ1v) is 12.8. The van der Waals surface area contributed by atoms with Crippen LogP contribution in [0.4, 0.5) is 0 Å². The van der Waals surface area contributed by atoms with Gasteiger partial charge in [-0.1, -0.05) is 43.7 Å². The zero-order valence-electron chi connectivity index (χ0n) is 19.3. The number of ether oxygens (including phenoxy) is 2. The lowest BCUT2D eigenvalue weighted by Crippen LogP contribution is -2.49. The van der Waals surface area contributed by atoms with Crippen LogP contribution >= 0.6 is 0 Å². The maximum Gasteiger partial charge on any atom is 0.243 e. The largest absolute Gasteiger partial charge is 0.508 e. The molecule has 0 saturated carbocycles. The molecule has 3 rings (SSSR count). The van der Waals surface area contributed by atoms with E-state index in [4.69, 9.17) is 9.47 Å². The summed E-state index contributed by atoms with van der Waals surface area (Å²) >= 11 is 0. The summed E-state index contributed by atoms with van der Waals surface area (Å²) in [6.07, 6.45) is 3.80. The predicted molar refractivity (Wildman–Crippen MR) is 125 cm³/mol. The Morgan fingerprint density at radius 2 is 1.94 bits per heavy atom. The van der Waals surface area contributed by atoms with Gasteiger partial charge >= 0.3 is 0 Å². The molecule has 1 fully saturated rings. The Hall–Kier alpha value is -1.93. The number of nitrogens with zero attached hydrogens (tertiary/aromatic N) is 1. The van der Waals surface area contributed by atoms with Crippen LogP contribution < -0.4 is 0 Å². The van der Waals surface area contributed by atoms with E-state index in [0.717, 1.165) is 36.8 Å². The molecule has 1 N–H and O–H groups in total. The molecule has 2 atom stereocenters. The number of aryl methyl sites for hydroxylation is 1. The number of hydrogen-bond acceptors (Lipinski definition) is 5. The van der Waals surface area contributed by atoms with Crippen molar-refractivity contribution in [2.24, 2.45) is 0 Å². The van der Waals surface area contributed by atoms with Crippen molar-refractivity contribution in [2.75, 3.05) is 26.8 Å². The highest BCUT2D eigenvalue weighted by molar-refractivity contribution is 7.89. The average Bonchev–Trinajstić information content (AvgIpc) is 2.81. The lowest BCUT2D eigenvalue weighted by molar-refractivity contribution is -0.131. The van der Waals surface area contributed by atoms with Gasteiger partial charge in [-0.2, -0.15) is 4.31 Å². The van der Waals surface area contributed by atoms with E-state index in [1.165, 1.54) is 0 Å². The van der Waals surface area contributed by atoms with Crippen molar-refractivity contribution in [3.05, 3.63) is 59.7 Å². The third kappa shape index (κ3) is 5.52. The quantitative estimate of drug-likeness (QED) is 0.523. The fourth-order valence-corrected chi connectivity index (χ4v) is 6.08. The normalized spacial score (nSPS) is 20.8. The molecule has 1 aliphatic heterocycles. The number of phenols is 1. The Morgan fingerprint density at radius 1 is 1.19 bits per heavy atom. The summed E-state index contributed by atoms with van der Waals surface area (Å²) in [6.45, 7) is 5.30. The van der Waals surface area contributed by atoms with Crippen molar-refractivity contribution >= 4 is 10.0 Å². The minimum absolute atomic E-state index is 0.243. The second-order valence-electron chi connectivity index (χ2n) is 8.61. The van der Waals surface area contributed by atoms with E-state index in [1.807, 2.05) is 25.1 Å². The van der Waals surface area contributed by atoms with Gasteiger partial charge in [0.2, 0.25) is 10.0 Å². The van der Waals surface area contributed by atoms with Gasteiger partial charge in [0.1, 0.15) is 5.75 Å². The molecule has 0 radical (unpaired) electrons. The first-order valence-electron chi connectivity index (χ1n) is 11.3. The summed E-state index contributed by atoms with van der Waals surface area (Å²) in [5.41, 5.74) is 1.42. The molecule has 2 unspecified atom stereocenters. The molecule has 1 heterocycles. The van der Waals surface area contributed by atoms with Gasteiger partial charge in [-0.15, -0.1) is 0 Å². The van der Waals surface area contributed by atoms with Gasteiger partial charge in [0, 0.05) is 25.6 Å². The molecule has 1 aliphatic rings. The van der Waals surface area contributed by atoms with E-state index in [-0.39, 0.29) is 12.0 Å². The minimum Gasteiger partial charge on any atom is -0.508 e. The van der Waals surface area contributed by atoms with E-state index in [1.54, 1.807) is 41.7 Å². The van der Waals surface area contributed by atoms with Crippen molar-refractivity contribution in [3.63, 3.8) is 0 Å². The maximum atomic E-state index is 13.4. The number of rotatable bonds is 10. The minimum atomic E-state index is -3.60. The second kappa shape index (κ2) is 10.8. The number of benzene rings is 2. The predicted octanol–water partition coefficient (Wildman–Crippen LogP) is 4.60. The highest BCUT2D eigenvalue weighted by Gasteiger charge is 2.41. The van der Waals surface area contributed by atoms with Gasteiger partial charge in [0.25, 0.3) is 0 Å². The van der Waals surface area contributed by atoms with Crippen molar-refractivity contribution < 1.29 is 23.0 Å². The monoisotopic (exact) mass is 461 g/mol. The standard InChI is InChI=1S/C25H35NO5S/c1-4-9-24(30-3)31-17-15-25(21-12-13-23(27)20(2)18-21)14-8-16-26(19-25)32(28,29)22-10-6-5-7-11-22/h5-7,10-13,18,24,27H,4,8-9,14-17,19H2,1-3H3. The number of sulfonamides is 1. The summed E-state index contributed by atoms with van der Waals surface area (Å²) in [4.78, 5) is 0.316. The molecule has 0 aliphatic carbocycles. The van der Waals surface area contributed by atoms with Gasteiger partial charge in [-0.3, -0.25) is 0 Å². The van der Waals surface area contributed by atoms with Crippen LogP contribution in [-0.4, -0.2) is 50.9 Å². The molecule has 2 aromatic rings. The van der Waals surface area contributed by atoms with Crippen LogP contribution in [-0.2, 0) is 24.9 Å². The Balaban J connectivity index is 1.90. The number of phenolic OH excluding ortho intramolecular Hbond substituents is 1. The number of piperidine rings is 1. The van der Waals surface area contributed by atoms with Crippen molar-refractivity contribution in [2.45, 2.75) is 62.6 Å². The van der Waals surface area contributed by atoms with Crippen molar-refractivity contribution in [3.8, 4) is 5.75 Å². The molecule has 0 bridgehead atoms. The van der Waals surface area contributed by atoms with Crippen LogP contribution in [0.5, 0.6) is 5.75 Å². The van der Waals surface area contributed by atoms with E-state index >= 15 is 0 Å². The van der Waals surface area contributed by atoms with Gasteiger partial charge in [0.15, 0.2) is 6.29 Å². The van der Waals surface area contributed by atoms with Gasteiger partial charge in [-0.05, 0) is 61.9 Å². The second-order valence-corrected chi connectivity index (χ2v) is 10.5. The van der Waals surface area contributed by atoms with Crippen LogP contribution in [0.25, 0.3) is 0 Å². The summed E-state index contributed by atoms with van der Waals surface area (Å²) in [5, 5.41) is 10.0. The highest BCUT2D eigenvalue weighted by Crippen LogP contribution is 2.40. The molecule has 0 aromatic heterocycles. The van der Waals surface area contributed by atoms with E-state index in [2.05, 4.69) is 6.92 Å². The SMILES string of the molecule is CCCC(OC)OCCC1(c2ccc(O)c(C)c2)CCCN(S(=O)(=O)c2ccccc2)C1. The lowest BCUT2D eigenvalue weighted by atomic mass is 9.72. The highest BCUT2D eigenvalue weighted by atomic mass is 32.2. The fourth-order valence-electron chi connectivity index (χ4n) is 4.50. The van der Waals surface area contributed by atoms with Gasteiger partial charge in [0.05, 0.1) is 11.5 Å². The third-order valence-corrected chi connectivity index (χ3v) is 8.26. The van der Waals surface area contributed by atoms with Crippen LogP contribution in [0.1, 0.15) is 50.2 Å². The Bertz CT molecular complexity index is 979. The molecular weight excluding hydrogens is 426 g/mol. The first-order chi connectivity index (χ1) is 15.3. The van der Waals surface area contributed by atoms with E-state index in [9.17, 15) is 13.5 Å². The molecule has 0 amide bonds. The Kier molecular flexibility index (Phi) is 8.33. The smallest absolute Gasteiger partial charge is 0.243 e. The molecule has 32 heavy (non-hydrogen) atoms. The average molecular weight is 462 g/mol. The van der Waals surface area contributed by atoms with E-state index in [0.29, 0.717) is 31.0 Å². The molecule has 1 saturated heterocycles. The maximum absolute atomic E-state index is 13.4. The van der Waals surface area contributed by atoms with Crippen LogP contribution in [0.15, 0.2) is 53.4 Å². The van der Waals surface area contributed by atoms with Crippen LogP contribution in [0, 0.1) is 6.92 Å². The van der Waals surface area contributed by atoms with Gasteiger partial charge < -0.3 is 14.6 Å². The van der Waals surface area contributed by atoms with Crippen LogP contribution in [0.3, 0.4) is 0 Å². The summed E-state index contributed by atoms with van der Waals surface area (Å²) in [6, 6.07) is 14.2. The number of methoxy groups -OCH3 is 1. The molecule has 0 spiro atoms. The molecule has 2 aromatic carbocycles. The van der Waals surface area contributed by atoms with Crippen LogP contribution in [0.2, 0.25) is 0 Å². The molecule has 6 nitrogen and oxygen atoms in total. The van der Waals surface area contributed by atoms with E-state index < -0.39 is 15.4 Å². The summed E-state index contributed by atoms with van der Waals surface area (Å²) < 4.78 is 39.8. The number of aromatic hydroxyl groups is 1. The zero-order valence-corrected chi connectivity index (χ0v) is 20.1. The number of hydrogen-bond donors (Lipinski definition) is 1. The first kappa shape index (κ1) is 24.7. The molecule has 176 valence electrons. The Morgan fingerprint density at radius 3 is 2.59 bits per heavy atom.